The minimum absolute atomic E-state index is 0.0741. The number of carboxylic acid groups (broad SMARTS) is 1. The number of carboxylic acids is 1. The van der Waals surface area contributed by atoms with Crippen LogP contribution in [0.1, 0.15) is 12.8 Å². The Morgan fingerprint density at radius 3 is 2.50 bits per heavy atom. The Kier molecular flexibility index (Phi) is 1.10. The van der Waals surface area contributed by atoms with E-state index in [0.29, 0.717) is 11.8 Å². The Labute approximate surface area is 59.5 Å². The normalized spacial score (nSPS) is 42.6. The van der Waals surface area contributed by atoms with Gasteiger partial charge in [0.05, 0.1) is 5.92 Å². The molecule has 2 nitrogen and oxygen atoms in total. The van der Waals surface area contributed by atoms with Crippen LogP contribution >= 0.6 is 0 Å². The van der Waals surface area contributed by atoms with E-state index in [4.69, 9.17) is 5.11 Å². The molecule has 0 spiro atoms. The fourth-order valence-electron chi connectivity index (χ4n) is 2.06. The molecule has 0 aliphatic heterocycles. The predicted molar refractivity (Wildman–Crippen MR) is 36.5 cm³/mol. The predicted octanol–water partition coefficient (Wildman–Crippen LogP) is 1.28. The van der Waals surface area contributed by atoms with E-state index in [-0.39, 0.29) is 5.92 Å². The lowest BCUT2D eigenvalue weighted by atomic mass is 9.94. The monoisotopic (exact) mass is 138 g/mol. The third-order valence-electron chi connectivity index (χ3n) is 2.60. The van der Waals surface area contributed by atoms with Crippen LogP contribution in [-0.4, -0.2) is 11.1 Å². The van der Waals surface area contributed by atoms with Crippen molar-refractivity contribution in [2.75, 3.05) is 0 Å². The minimum Gasteiger partial charge on any atom is -0.481 e. The Morgan fingerprint density at radius 1 is 1.40 bits per heavy atom. The molecule has 0 heterocycles. The second kappa shape index (κ2) is 1.84. The molecule has 2 bridgehead atoms. The van der Waals surface area contributed by atoms with E-state index in [1.54, 1.807) is 0 Å². The third-order valence-corrected chi connectivity index (χ3v) is 2.60. The lowest BCUT2D eigenvalue weighted by molar-refractivity contribution is -0.142. The zero-order chi connectivity index (χ0) is 7.14. The van der Waals surface area contributed by atoms with Gasteiger partial charge in [0.25, 0.3) is 0 Å². The molecule has 3 atom stereocenters. The summed E-state index contributed by atoms with van der Waals surface area (Å²) in [6, 6.07) is 0. The van der Waals surface area contributed by atoms with Crippen LogP contribution in [0.3, 0.4) is 0 Å². The SMILES string of the molecule is O=C(O)[C@@H]1CC2C=C[C@@H]1C2. The van der Waals surface area contributed by atoms with E-state index in [9.17, 15) is 4.79 Å². The fraction of sp³-hybridized carbons (Fsp3) is 0.625. The van der Waals surface area contributed by atoms with Gasteiger partial charge in [-0.05, 0) is 24.7 Å². The first kappa shape index (κ1) is 5.96. The maximum absolute atomic E-state index is 10.6. The van der Waals surface area contributed by atoms with Crippen LogP contribution in [0.15, 0.2) is 12.2 Å². The summed E-state index contributed by atoms with van der Waals surface area (Å²) < 4.78 is 0. The lowest BCUT2D eigenvalue weighted by Gasteiger charge is -2.11. The van der Waals surface area contributed by atoms with Crippen LogP contribution in [0, 0.1) is 17.8 Å². The van der Waals surface area contributed by atoms with Crippen molar-refractivity contribution in [2.45, 2.75) is 12.8 Å². The van der Waals surface area contributed by atoms with Crippen LogP contribution in [0.5, 0.6) is 0 Å². The number of carbonyl (C=O) groups is 1. The Hall–Kier alpha value is -0.790. The topological polar surface area (TPSA) is 37.3 Å². The van der Waals surface area contributed by atoms with Gasteiger partial charge in [-0.3, -0.25) is 4.79 Å². The van der Waals surface area contributed by atoms with Crippen LogP contribution < -0.4 is 0 Å². The van der Waals surface area contributed by atoms with Crippen molar-refractivity contribution >= 4 is 5.97 Å². The largest absolute Gasteiger partial charge is 0.481 e. The number of aliphatic carboxylic acids is 1. The summed E-state index contributed by atoms with van der Waals surface area (Å²) in [7, 11) is 0. The molecule has 0 aromatic rings. The van der Waals surface area contributed by atoms with E-state index >= 15 is 0 Å². The average molecular weight is 138 g/mol. The number of hydrogen-bond acceptors (Lipinski definition) is 1. The average Bonchev–Trinajstić information content (AvgIpc) is 2.44. The van der Waals surface area contributed by atoms with Gasteiger partial charge in [0, 0.05) is 0 Å². The quantitative estimate of drug-likeness (QED) is 0.554. The molecule has 0 aromatic carbocycles. The van der Waals surface area contributed by atoms with Gasteiger partial charge in [-0.15, -0.1) is 0 Å². The summed E-state index contributed by atoms with van der Waals surface area (Å²) in [5.74, 6) is 0.237. The first-order valence-corrected chi connectivity index (χ1v) is 3.68. The highest BCUT2D eigenvalue weighted by atomic mass is 16.4. The summed E-state index contributed by atoms with van der Waals surface area (Å²) >= 11 is 0. The summed E-state index contributed by atoms with van der Waals surface area (Å²) in [6.07, 6.45) is 6.17. The molecule has 2 heteroatoms. The second-order valence-corrected chi connectivity index (χ2v) is 3.22. The third kappa shape index (κ3) is 0.681. The van der Waals surface area contributed by atoms with Crippen LogP contribution in [-0.2, 0) is 4.79 Å². The van der Waals surface area contributed by atoms with Crippen LogP contribution in [0.4, 0.5) is 0 Å². The number of rotatable bonds is 1. The molecule has 1 saturated carbocycles. The summed E-state index contributed by atoms with van der Waals surface area (Å²) in [4.78, 5) is 10.6. The number of allylic oxidation sites excluding steroid dienone is 2. The highest BCUT2D eigenvalue weighted by molar-refractivity contribution is 5.71. The van der Waals surface area contributed by atoms with E-state index in [1.165, 1.54) is 0 Å². The van der Waals surface area contributed by atoms with E-state index < -0.39 is 5.97 Å². The van der Waals surface area contributed by atoms with Gasteiger partial charge in [0.2, 0.25) is 0 Å². The molecule has 0 radical (unpaired) electrons. The molecule has 0 amide bonds. The zero-order valence-electron chi connectivity index (χ0n) is 5.66. The van der Waals surface area contributed by atoms with Crippen molar-refractivity contribution < 1.29 is 9.90 Å². The number of hydrogen-bond donors (Lipinski definition) is 1. The highest BCUT2D eigenvalue weighted by Gasteiger charge is 2.39. The zero-order valence-corrected chi connectivity index (χ0v) is 5.66. The molecule has 2 aliphatic carbocycles. The molecule has 1 fully saturated rings. The Morgan fingerprint density at radius 2 is 2.20 bits per heavy atom. The molecule has 0 aromatic heterocycles. The first-order valence-electron chi connectivity index (χ1n) is 3.68. The molecule has 2 aliphatic rings. The molecule has 0 saturated heterocycles. The minimum atomic E-state index is -0.614. The van der Waals surface area contributed by atoms with Gasteiger partial charge < -0.3 is 5.11 Å². The van der Waals surface area contributed by atoms with E-state index in [1.807, 2.05) is 0 Å². The van der Waals surface area contributed by atoms with Gasteiger partial charge in [-0.1, -0.05) is 12.2 Å². The van der Waals surface area contributed by atoms with Gasteiger partial charge >= 0.3 is 5.97 Å². The standard InChI is InChI=1S/C8H10O2/c9-8(10)7-4-5-1-2-6(7)3-5/h1-2,5-7H,3-4H2,(H,9,10)/t5?,6-,7-/m1/s1. The highest BCUT2D eigenvalue weighted by Crippen LogP contribution is 2.43. The van der Waals surface area contributed by atoms with Gasteiger partial charge in [0.15, 0.2) is 0 Å². The molecule has 1 N–H and O–H groups in total. The molecular weight excluding hydrogens is 128 g/mol. The Bertz CT molecular complexity index is 195. The van der Waals surface area contributed by atoms with Crippen LogP contribution in [0.25, 0.3) is 0 Å². The molecule has 54 valence electrons. The van der Waals surface area contributed by atoms with Gasteiger partial charge in [-0.2, -0.15) is 0 Å². The first-order chi connectivity index (χ1) is 4.77. The van der Waals surface area contributed by atoms with Gasteiger partial charge in [-0.25, -0.2) is 0 Å². The van der Waals surface area contributed by atoms with Crippen molar-refractivity contribution in [1.82, 2.24) is 0 Å². The van der Waals surface area contributed by atoms with E-state index in [2.05, 4.69) is 12.2 Å². The molecular formula is C8H10O2. The molecule has 10 heavy (non-hydrogen) atoms. The summed E-state index contributed by atoms with van der Waals surface area (Å²) in [5, 5.41) is 8.70. The maximum Gasteiger partial charge on any atom is 0.307 e. The van der Waals surface area contributed by atoms with Crippen LogP contribution in [0.2, 0.25) is 0 Å². The lowest BCUT2D eigenvalue weighted by Crippen LogP contribution is -2.17. The van der Waals surface area contributed by atoms with Crippen molar-refractivity contribution in [3.05, 3.63) is 12.2 Å². The van der Waals surface area contributed by atoms with Crippen molar-refractivity contribution in [3.8, 4) is 0 Å². The van der Waals surface area contributed by atoms with Crippen molar-refractivity contribution in [1.29, 1.82) is 0 Å². The molecule has 1 unspecified atom stereocenters. The Balaban J connectivity index is 2.16. The van der Waals surface area contributed by atoms with E-state index in [0.717, 1.165) is 12.8 Å². The summed E-state index contributed by atoms with van der Waals surface area (Å²) in [5.41, 5.74) is 0. The van der Waals surface area contributed by atoms with Gasteiger partial charge in [0.1, 0.15) is 0 Å². The number of fused-ring (bicyclic) bond motifs is 2. The second-order valence-electron chi connectivity index (χ2n) is 3.22. The molecule has 2 rings (SSSR count). The fourth-order valence-corrected chi connectivity index (χ4v) is 2.06. The summed E-state index contributed by atoms with van der Waals surface area (Å²) in [6.45, 7) is 0. The van der Waals surface area contributed by atoms with Crippen molar-refractivity contribution in [2.24, 2.45) is 17.8 Å². The maximum atomic E-state index is 10.6. The smallest absolute Gasteiger partial charge is 0.307 e. The van der Waals surface area contributed by atoms with Crippen molar-refractivity contribution in [3.63, 3.8) is 0 Å².